The first-order valence-electron chi connectivity index (χ1n) is 9.71. The van der Waals surface area contributed by atoms with Gasteiger partial charge in [-0.1, -0.05) is 57.9 Å². The standard InChI is InChI=1S/C23H24BrClN2O/c24-18-6-8-21(22(25)14-18)23-9-7-20(28-23)15-26-19-10-12-27(13-11-19)16-17-4-2-1-3-5-17/h1-9,14,19,26H,10-13,15-16H2. The molecule has 28 heavy (non-hydrogen) atoms. The molecule has 1 saturated heterocycles. The Bertz CT molecular complexity index is 904. The van der Waals surface area contributed by atoms with Crippen molar-refractivity contribution in [3.05, 3.63) is 81.5 Å². The fourth-order valence-corrected chi connectivity index (χ4v) is 4.46. The maximum atomic E-state index is 6.33. The van der Waals surface area contributed by atoms with Crippen LogP contribution < -0.4 is 5.32 Å². The molecule has 1 aliphatic rings. The van der Waals surface area contributed by atoms with Crippen LogP contribution in [0, 0.1) is 0 Å². The molecule has 3 aromatic rings. The summed E-state index contributed by atoms with van der Waals surface area (Å²) in [5.74, 6) is 1.76. The molecule has 2 aromatic carbocycles. The zero-order valence-corrected chi connectivity index (χ0v) is 18.0. The van der Waals surface area contributed by atoms with Crippen LogP contribution in [-0.2, 0) is 13.1 Å². The quantitative estimate of drug-likeness (QED) is 0.481. The van der Waals surface area contributed by atoms with Crippen molar-refractivity contribution in [1.29, 1.82) is 0 Å². The number of benzene rings is 2. The highest BCUT2D eigenvalue weighted by Crippen LogP contribution is 2.31. The van der Waals surface area contributed by atoms with Crippen molar-refractivity contribution in [2.45, 2.75) is 32.0 Å². The van der Waals surface area contributed by atoms with Crippen LogP contribution in [0.25, 0.3) is 11.3 Å². The molecule has 1 aromatic heterocycles. The average Bonchev–Trinajstić information content (AvgIpc) is 3.17. The normalized spacial score (nSPS) is 15.8. The summed E-state index contributed by atoms with van der Waals surface area (Å²) in [5.41, 5.74) is 2.31. The molecule has 0 atom stereocenters. The molecule has 0 saturated carbocycles. The maximum Gasteiger partial charge on any atom is 0.135 e. The van der Waals surface area contributed by atoms with Gasteiger partial charge in [0.05, 0.1) is 11.6 Å². The molecular weight excluding hydrogens is 436 g/mol. The van der Waals surface area contributed by atoms with Crippen molar-refractivity contribution in [1.82, 2.24) is 10.2 Å². The highest BCUT2D eigenvalue weighted by atomic mass is 79.9. The second-order valence-electron chi connectivity index (χ2n) is 7.31. The van der Waals surface area contributed by atoms with E-state index < -0.39 is 0 Å². The van der Waals surface area contributed by atoms with E-state index in [0.29, 0.717) is 11.1 Å². The van der Waals surface area contributed by atoms with Gasteiger partial charge in [-0.05, 0) is 61.8 Å². The summed E-state index contributed by atoms with van der Waals surface area (Å²) in [4.78, 5) is 2.54. The Morgan fingerprint density at radius 1 is 1.04 bits per heavy atom. The lowest BCUT2D eigenvalue weighted by molar-refractivity contribution is 0.189. The van der Waals surface area contributed by atoms with Crippen LogP contribution in [0.2, 0.25) is 5.02 Å². The Morgan fingerprint density at radius 3 is 2.57 bits per heavy atom. The molecule has 4 rings (SSSR count). The van der Waals surface area contributed by atoms with Crippen LogP contribution in [0.15, 0.2) is 69.6 Å². The third kappa shape index (κ3) is 5.06. The van der Waals surface area contributed by atoms with Gasteiger partial charge in [0.1, 0.15) is 11.5 Å². The van der Waals surface area contributed by atoms with E-state index in [1.165, 1.54) is 18.4 Å². The second kappa shape index (κ2) is 9.27. The molecule has 1 fully saturated rings. The predicted molar refractivity (Wildman–Crippen MR) is 118 cm³/mol. The number of halogens is 2. The van der Waals surface area contributed by atoms with E-state index in [0.717, 1.165) is 47.7 Å². The van der Waals surface area contributed by atoms with E-state index in [9.17, 15) is 0 Å². The van der Waals surface area contributed by atoms with Gasteiger partial charge in [0.25, 0.3) is 0 Å². The van der Waals surface area contributed by atoms with E-state index in [2.05, 4.69) is 56.5 Å². The molecular formula is C23H24BrClN2O. The van der Waals surface area contributed by atoms with Gasteiger partial charge in [0.2, 0.25) is 0 Å². The summed E-state index contributed by atoms with van der Waals surface area (Å²) in [6.07, 6.45) is 2.33. The average molecular weight is 460 g/mol. The van der Waals surface area contributed by atoms with Crippen molar-refractivity contribution in [3.63, 3.8) is 0 Å². The van der Waals surface area contributed by atoms with Gasteiger partial charge in [-0.3, -0.25) is 4.90 Å². The summed E-state index contributed by atoms with van der Waals surface area (Å²) >= 11 is 9.77. The third-order valence-electron chi connectivity index (χ3n) is 5.26. The van der Waals surface area contributed by atoms with Crippen molar-refractivity contribution < 1.29 is 4.42 Å². The Kier molecular flexibility index (Phi) is 6.53. The molecule has 1 aliphatic heterocycles. The van der Waals surface area contributed by atoms with Crippen molar-refractivity contribution in [2.75, 3.05) is 13.1 Å². The van der Waals surface area contributed by atoms with E-state index in [-0.39, 0.29) is 0 Å². The molecule has 0 radical (unpaired) electrons. The van der Waals surface area contributed by atoms with Crippen molar-refractivity contribution >= 4 is 27.5 Å². The third-order valence-corrected chi connectivity index (χ3v) is 6.07. The summed E-state index contributed by atoms with van der Waals surface area (Å²) in [6, 6.07) is 21.1. The Balaban J connectivity index is 1.26. The first-order chi connectivity index (χ1) is 13.7. The van der Waals surface area contributed by atoms with Crippen molar-refractivity contribution in [2.24, 2.45) is 0 Å². The molecule has 0 amide bonds. The number of nitrogens with zero attached hydrogens (tertiary/aromatic N) is 1. The van der Waals surface area contributed by atoms with E-state index in [1.54, 1.807) is 0 Å². The first kappa shape index (κ1) is 19.7. The highest BCUT2D eigenvalue weighted by molar-refractivity contribution is 9.10. The minimum absolute atomic E-state index is 0.539. The van der Waals surface area contributed by atoms with Gasteiger partial charge in [-0.15, -0.1) is 0 Å². The fraction of sp³-hybridized carbons (Fsp3) is 0.304. The number of nitrogens with one attached hydrogen (secondary N) is 1. The van der Waals surface area contributed by atoms with E-state index >= 15 is 0 Å². The molecule has 0 unspecified atom stereocenters. The molecule has 0 aliphatic carbocycles. The largest absolute Gasteiger partial charge is 0.460 e. The highest BCUT2D eigenvalue weighted by Gasteiger charge is 2.19. The van der Waals surface area contributed by atoms with Crippen LogP contribution in [0.5, 0.6) is 0 Å². The fourth-order valence-electron chi connectivity index (χ4n) is 3.69. The van der Waals surface area contributed by atoms with Gasteiger partial charge in [0, 0.05) is 22.6 Å². The summed E-state index contributed by atoms with van der Waals surface area (Å²) < 4.78 is 6.97. The van der Waals surface area contributed by atoms with Crippen LogP contribution in [0.3, 0.4) is 0 Å². The number of hydrogen-bond donors (Lipinski definition) is 1. The van der Waals surface area contributed by atoms with E-state index in [4.69, 9.17) is 16.0 Å². The number of hydrogen-bond acceptors (Lipinski definition) is 3. The van der Waals surface area contributed by atoms with Gasteiger partial charge in [-0.25, -0.2) is 0 Å². The van der Waals surface area contributed by atoms with E-state index in [1.807, 2.05) is 30.3 Å². The monoisotopic (exact) mass is 458 g/mol. The minimum atomic E-state index is 0.539. The van der Waals surface area contributed by atoms with Crippen LogP contribution in [0.1, 0.15) is 24.2 Å². The van der Waals surface area contributed by atoms with Crippen LogP contribution >= 0.6 is 27.5 Å². The maximum absolute atomic E-state index is 6.33. The lowest BCUT2D eigenvalue weighted by Crippen LogP contribution is -2.41. The molecule has 0 spiro atoms. The minimum Gasteiger partial charge on any atom is -0.460 e. The molecule has 5 heteroatoms. The Morgan fingerprint density at radius 2 is 1.82 bits per heavy atom. The topological polar surface area (TPSA) is 28.4 Å². The smallest absolute Gasteiger partial charge is 0.135 e. The summed E-state index contributed by atoms with van der Waals surface area (Å²) in [7, 11) is 0. The molecule has 1 N–H and O–H groups in total. The zero-order valence-electron chi connectivity index (χ0n) is 15.7. The van der Waals surface area contributed by atoms with Gasteiger partial charge >= 0.3 is 0 Å². The number of likely N-dealkylation sites (tertiary alicyclic amines) is 1. The van der Waals surface area contributed by atoms with Gasteiger partial charge in [-0.2, -0.15) is 0 Å². The lowest BCUT2D eigenvalue weighted by Gasteiger charge is -2.32. The number of piperidine rings is 1. The Hall–Kier alpha value is -1.59. The van der Waals surface area contributed by atoms with Crippen LogP contribution in [-0.4, -0.2) is 24.0 Å². The van der Waals surface area contributed by atoms with Gasteiger partial charge < -0.3 is 9.73 Å². The number of furan rings is 1. The van der Waals surface area contributed by atoms with Crippen LogP contribution in [0.4, 0.5) is 0 Å². The summed E-state index contributed by atoms with van der Waals surface area (Å²) in [5, 5.41) is 4.34. The van der Waals surface area contributed by atoms with Gasteiger partial charge in [0.15, 0.2) is 0 Å². The first-order valence-corrected chi connectivity index (χ1v) is 10.9. The molecule has 0 bridgehead atoms. The zero-order chi connectivity index (χ0) is 19.3. The Labute approximate surface area is 179 Å². The lowest BCUT2D eigenvalue weighted by atomic mass is 10.0. The SMILES string of the molecule is Clc1cc(Br)ccc1-c1ccc(CNC2CCN(Cc3ccccc3)CC2)o1. The number of rotatable bonds is 6. The van der Waals surface area contributed by atoms with Crippen molar-refractivity contribution in [3.8, 4) is 11.3 Å². The summed E-state index contributed by atoms with van der Waals surface area (Å²) in [6.45, 7) is 4.05. The second-order valence-corrected chi connectivity index (χ2v) is 8.63. The molecule has 3 nitrogen and oxygen atoms in total. The predicted octanol–water partition coefficient (Wildman–Crippen LogP) is 6.12. The molecule has 2 heterocycles. The molecule has 146 valence electrons.